The fraction of sp³-hybridized carbons (Fsp3) is 0.231. The number of rotatable bonds is 3. The summed E-state index contributed by atoms with van der Waals surface area (Å²) in [4.78, 5) is 18.4. The van der Waals surface area contributed by atoms with Crippen LogP contribution >= 0.6 is 11.3 Å². The number of aryl methyl sites for hydroxylation is 1. The van der Waals surface area contributed by atoms with Crippen molar-refractivity contribution in [2.75, 3.05) is 30.0 Å². The molecule has 0 atom stereocenters. The van der Waals surface area contributed by atoms with E-state index in [2.05, 4.69) is 10.3 Å². The minimum Gasteiger partial charge on any atom is -0.399 e. The normalized spacial score (nSPS) is 10.3. The number of hydrogen-bond acceptors (Lipinski definition) is 5. The third kappa shape index (κ3) is 3.03. The highest BCUT2D eigenvalue weighted by Crippen LogP contribution is 2.23. The van der Waals surface area contributed by atoms with Gasteiger partial charge in [0.05, 0.1) is 11.3 Å². The molecule has 3 N–H and O–H groups in total. The van der Waals surface area contributed by atoms with Gasteiger partial charge in [0.1, 0.15) is 0 Å². The first-order valence-electron chi connectivity index (χ1n) is 5.77. The minimum atomic E-state index is -0.203. The van der Waals surface area contributed by atoms with Crippen molar-refractivity contribution < 1.29 is 4.79 Å². The van der Waals surface area contributed by atoms with E-state index in [4.69, 9.17) is 5.73 Å². The number of benzene rings is 1. The third-order valence-electron chi connectivity index (χ3n) is 2.59. The lowest BCUT2D eigenvalue weighted by Crippen LogP contribution is -2.18. The molecule has 1 heterocycles. The van der Waals surface area contributed by atoms with E-state index in [0.29, 0.717) is 16.4 Å². The molecule has 5 nitrogen and oxygen atoms in total. The molecule has 6 heteroatoms. The molecule has 0 unspecified atom stereocenters. The Bertz CT molecular complexity index is 606. The number of thiazole rings is 1. The smallest absolute Gasteiger partial charge is 0.259 e. The molecule has 0 aliphatic carbocycles. The third-order valence-corrected chi connectivity index (χ3v) is 3.46. The van der Waals surface area contributed by atoms with Gasteiger partial charge in [0, 0.05) is 30.9 Å². The van der Waals surface area contributed by atoms with Crippen molar-refractivity contribution >= 4 is 33.8 Å². The Morgan fingerprint density at radius 3 is 2.74 bits per heavy atom. The Kier molecular flexibility index (Phi) is 3.71. The summed E-state index contributed by atoms with van der Waals surface area (Å²) in [6, 6.07) is 5.28. The molecule has 0 bridgehead atoms. The lowest BCUT2D eigenvalue weighted by atomic mass is 10.1. The number of nitrogen functional groups attached to an aromatic ring is 1. The summed E-state index contributed by atoms with van der Waals surface area (Å²) in [5, 5.41) is 5.27. The van der Waals surface area contributed by atoms with E-state index in [9.17, 15) is 4.79 Å². The summed E-state index contributed by atoms with van der Waals surface area (Å²) >= 11 is 1.40. The van der Waals surface area contributed by atoms with Crippen LogP contribution in [-0.2, 0) is 0 Å². The van der Waals surface area contributed by atoms with E-state index >= 15 is 0 Å². The Hall–Kier alpha value is -2.08. The number of nitrogens with one attached hydrogen (secondary N) is 1. The molecule has 1 aromatic carbocycles. The first-order chi connectivity index (χ1) is 8.97. The molecule has 0 saturated heterocycles. The first kappa shape index (κ1) is 13.4. The summed E-state index contributed by atoms with van der Waals surface area (Å²) in [7, 11) is 3.77. The molecular weight excluding hydrogens is 260 g/mol. The highest BCUT2D eigenvalue weighted by atomic mass is 32.1. The number of nitrogens with zero attached hydrogens (tertiary/aromatic N) is 2. The maximum Gasteiger partial charge on any atom is 0.259 e. The maximum atomic E-state index is 12.3. The molecule has 0 aliphatic rings. The number of anilines is 3. The largest absolute Gasteiger partial charge is 0.399 e. The molecule has 2 rings (SSSR count). The molecular formula is C13H16N4OS. The highest BCUT2D eigenvalue weighted by molar-refractivity contribution is 7.13. The minimum absolute atomic E-state index is 0.203. The second-order valence-electron chi connectivity index (χ2n) is 4.42. The van der Waals surface area contributed by atoms with Crippen molar-refractivity contribution in [3.05, 3.63) is 34.8 Å². The van der Waals surface area contributed by atoms with Crippen LogP contribution in [-0.4, -0.2) is 25.0 Å². The van der Waals surface area contributed by atoms with Crippen LogP contribution in [0.3, 0.4) is 0 Å². The van der Waals surface area contributed by atoms with E-state index in [1.807, 2.05) is 37.4 Å². The van der Waals surface area contributed by atoms with E-state index in [1.54, 1.807) is 12.1 Å². The van der Waals surface area contributed by atoms with Gasteiger partial charge in [-0.05, 0) is 25.1 Å². The van der Waals surface area contributed by atoms with Crippen molar-refractivity contribution in [3.63, 3.8) is 0 Å². The van der Waals surface area contributed by atoms with Crippen LogP contribution in [0.5, 0.6) is 0 Å². The molecule has 19 heavy (non-hydrogen) atoms. The summed E-state index contributed by atoms with van der Waals surface area (Å²) in [6.45, 7) is 1.89. The van der Waals surface area contributed by atoms with Crippen LogP contribution in [0.2, 0.25) is 0 Å². The van der Waals surface area contributed by atoms with Crippen molar-refractivity contribution in [1.82, 2.24) is 4.98 Å². The standard InChI is InChI=1S/C13H16N4OS/c1-8-7-19-13(15-8)16-12(18)10-6-9(14)4-5-11(10)17(2)3/h4-7H,14H2,1-3H3,(H,15,16,18). The lowest BCUT2D eigenvalue weighted by molar-refractivity contribution is 0.102. The summed E-state index contributed by atoms with van der Waals surface area (Å²) in [5.41, 5.74) is 8.56. The number of carbonyl (C=O) groups is 1. The van der Waals surface area contributed by atoms with Gasteiger partial charge in [0.2, 0.25) is 0 Å². The van der Waals surface area contributed by atoms with E-state index in [-0.39, 0.29) is 5.91 Å². The molecule has 0 radical (unpaired) electrons. The van der Waals surface area contributed by atoms with Gasteiger partial charge in [0.15, 0.2) is 5.13 Å². The summed E-state index contributed by atoms with van der Waals surface area (Å²) in [6.07, 6.45) is 0. The van der Waals surface area contributed by atoms with Crippen LogP contribution < -0.4 is 16.0 Å². The lowest BCUT2D eigenvalue weighted by Gasteiger charge is -2.17. The van der Waals surface area contributed by atoms with Gasteiger partial charge in [-0.25, -0.2) is 4.98 Å². The quantitative estimate of drug-likeness (QED) is 0.844. The number of aromatic nitrogens is 1. The van der Waals surface area contributed by atoms with Gasteiger partial charge in [0.25, 0.3) is 5.91 Å². The molecule has 0 spiro atoms. The fourth-order valence-corrected chi connectivity index (χ4v) is 2.38. The summed E-state index contributed by atoms with van der Waals surface area (Å²) < 4.78 is 0. The fourth-order valence-electron chi connectivity index (χ4n) is 1.70. The SMILES string of the molecule is Cc1csc(NC(=O)c2cc(N)ccc2N(C)C)n1. The Morgan fingerprint density at radius 2 is 2.16 bits per heavy atom. The van der Waals surface area contributed by atoms with Gasteiger partial charge in [-0.15, -0.1) is 11.3 Å². The van der Waals surface area contributed by atoms with Crippen LogP contribution in [0.1, 0.15) is 16.1 Å². The highest BCUT2D eigenvalue weighted by Gasteiger charge is 2.14. The van der Waals surface area contributed by atoms with Crippen LogP contribution in [0, 0.1) is 6.92 Å². The van der Waals surface area contributed by atoms with E-state index < -0.39 is 0 Å². The molecule has 1 aromatic heterocycles. The molecule has 0 aliphatic heterocycles. The Balaban J connectivity index is 2.30. The number of carbonyl (C=O) groups excluding carboxylic acids is 1. The van der Waals surface area contributed by atoms with E-state index in [1.165, 1.54) is 11.3 Å². The van der Waals surface area contributed by atoms with Gasteiger partial charge < -0.3 is 10.6 Å². The van der Waals surface area contributed by atoms with Crippen molar-refractivity contribution in [2.24, 2.45) is 0 Å². The topological polar surface area (TPSA) is 71.2 Å². The van der Waals surface area contributed by atoms with Crippen LogP contribution in [0.15, 0.2) is 23.6 Å². The molecule has 100 valence electrons. The number of amides is 1. The van der Waals surface area contributed by atoms with Crippen LogP contribution in [0.25, 0.3) is 0 Å². The maximum absolute atomic E-state index is 12.3. The average Bonchev–Trinajstić information content (AvgIpc) is 2.74. The number of nitrogens with two attached hydrogens (primary N) is 1. The average molecular weight is 276 g/mol. The second kappa shape index (κ2) is 5.27. The molecule has 0 saturated carbocycles. The molecule has 0 fully saturated rings. The predicted octanol–water partition coefficient (Wildman–Crippen LogP) is 2.35. The van der Waals surface area contributed by atoms with Gasteiger partial charge >= 0.3 is 0 Å². The number of hydrogen-bond donors (Lipinski definition) is 2. The van der Waals surface area contributed by atoms with Crippen molar-refractivity contribution in [2.45, 2.75) is 6.92 Å². The zero-order chi connectivity index (χ0) is 14.0. The Labute approximate surface area is 116 Å². The first-order valence-corrected chi connectivity index (χ1v) is 6.65. The second-order valence-corrected chi connectivity index (χ2v) is 5.28. The van der Waals surface area contributed by atoms with Crippen molar-refractivity contribution in [3.8, 4) is 0 Å². The Morgan fingerprint density at radius 1 is 1.42 bits per heavy atom. The van der Waals surface area contributed by atoms with Gasteiger partial charge in [-0.3, -0.25) is 10.1 Å². The summed E-state index contributed by atoms with van der Waals surface area (Å²) in [5.74, 6) is -0.203. The van der Waals surface area contributed by atoms with Gasteiger partial charge in [-0.1, -0.05) is 0 Å². The predicted molar refractivity (Wildman–Crippen MR) is 80.0 cm³/mol. The van der Waals surface area contributed by atoms with Crippen molar-refractivity contribution in [1.29, 1.82) is 0 Å². The zero-order valence-corrected chi connectivity index (χ0v) is 11.9. The molecule has 2 aromatic rings. The monoisotopic (exact) mass is 276 g/mol. The zero-order valence-electron chi connectivity index (χ0n) is 11.1. The van der Waals surface area contributed by atoms with Crippen LogP contribution in [0.4, 0.5) is 16.5 Å². The van der Waals surface area contributed by atoms with E-state index in [0.717, 1.165) is 11.4 Å². The molecule has 1 amide bonds. The van der Waals surface area contributed by atoms with Gasteiger partial charge in [-0.2, -0.15) is 0 Å².